The molecule has 2 aromatic rings. The maximum atomic E-state index is 4.71. The molecule has 2 rings (SSSR count). The number of nitrogens with zero attached hydrogens (tertiary/aromatic N) is 3. The molecule has 102 valence electrons. The SMILES string of the molecule is CCN(Cc1ccncc1)c1nc(C(C)NC)cs1. The van der Waals surface area contributed by atoms with Gasteiger partial charge in [-0.1, -0.05) is 0 Å². The highest BCUT2D eigenvalue weighted by Gasteiger charge is 2.12. The van der Waals surface area contributed by atoms with Crippen molar-refractivity contribution in [3.05, 3.63) is 41.2 Å². The van der Waals surface area contributed by atoms with Gasteiger partial charge in [0.25, 0.3) is 0 Å². The van der Waals surface area contributed by atoms with Gasteiger partial charge in [-0.05, 0) is 38.6 Å². The van der Waals surface area contributed by atoms with Gasteiger partial charge in [-0.25, -0.2) is 4.98 Å². The zero-order chi connectivity index (χ0) is 13.7. The van der Waals surface area contributed by atoms with Crippen LogP contribution in [0.1, 0.15) is 31.1 Å². The van der Waals surface area contributed by atoms with Crippen LogP contribution in [0.25, 0.3) is 0 Å². The van der Waals surface area contributed by atoms with E-state index >= 15 is 0 Å². The Morgan fingerprint density at radius 1 is 1.37 bits per heavy atom. The third-order valence-corrected chi connectivity index (χ3v) is 4.08. The third-order valence-electron chi connectivity index (χ3n) is 3.16. The molecule has 0 radical (unpaired) electrons. The predicted molar refractivity (Wildman–Crippen MR) is 80.5 cm³/mol. The smallest absolute Gasteiger partial charge is 0.185 e. The molecule has 2 heterocycles. The van der Waals surface area contributed by atoms with Crippen molar-refractivity contribution >= 4 is 16.5 Å². The van der Waals surface area contributed by atoms with Gasteiger partial charge in [-0.2, -0.15) is 0 Å². The minimum absolute atomic E-state index is 0.296. The van der Waals surface area contributed by atoms with Gasteiger partial charge in [0, 0.05) is 36.9 Å². The van der Waals surface area contributed by atoms with Crippen molar-refractivity contribution in [3.63, 3.8) is 0 Å². The van der Waals surface area contributed by atoms with E-state index in [4.69, 9.17) is 4.98 Å². The van der Waals surface area contributed by atoms with Crippen molar-refractivity contribution < 1.29 is 0 Å². The Morgan fingerprint density at radius 2 is 2.11 bits per heavy atom. The number of thiazole rings is 1. The largest absolute Gasteiger partial charge is 0.344 e. The van der Waals surface area contributed by atoms with Crippen molar-refractivity contribution in [2.24, 2.45) is 0 Å². The quantitative estimate of drug-likeness (QED) is 0.881. The van der Waals surface area contributed by atoms with Gasteiger partial charge >= 0.3 is 0 Å². The Kier molecular flexibility index (Phi) is 4.87. The van der Waals surface area contributed by atoms with Crippen LogP contribution in [-0.2, 0) is 6.54 Å². The number of pyridine rings is 1. The van der Waals surface area contributed by atoms with Crippen molar-refractivity contribution in [3.8, 4) is 0 Å². The first-order valence-electron chi connectivity index (χ1n) is 6.51. The summed E-state index contributed by atoms with van der Waals surface area (Å²) in [5, 5.41) is 6.43. The van der Waals surface area contributed by atoms with E-state index in [9.17, 15) is 0 Å². The zero-order valence-corrected chi connectivity index (χ0v) is 12.4. The van der Waals surface area contributed by atoms with Gasteiger partial charge < -0.3 is 10.2 Å². The van der Waals surface area contributed by atoms with E-state index < -0.39 is 0 Å². The summed E-state index contributed by atoms with van der Waals surface area (Å²) in [4.78, 5) is 11.0. The molecular formula is C14H20N4S. The van der Waals surface area contributed by atoms with Crippen molar-refractivity contribution in [2.45, 2.75) is 26.4 Å². The first-order valence-corrected chi connectivity index (χ1v) is 7.39. The number of hydrogen-bond acceptors (Lipinski definition) is 5. The molecule has 1 N–H and O–H groups in total. The fraction of sp³-hybridized carbons (Fsp3) is 0.429. The molecule has 0 bridgehead atoms. The highest BCUT2D eigenvalue weighted by atomic mass is 32.1. The molecule has 1 atom stereocenters. The lowest BCUT2D eigenvalue weighted by atomic mass is 10.2. The molecule has 0 fully saturated rings. The van der Waals surface area contributed by atoms with E-state index in [1.54, 1.807) is 11.3 Å². The number of aromatic nitrogens is 2. The van der Waals surface area contributed by atoms with Crippen molar-refractivity contribution in [2.75, 3.05) is 18.5 Å². The lowest BCUT2D eigenvalue weighted by Crippen LogP contribution is -2.22. The third kappa shape index (κ3) is 3.52. The molecule has 2 aromatic heterocycles. The van der Waals surface area contributed by atoms with Gasteiger partial charge in [0.1, 0.15) is 0 Å². The molecule has 5 heteroatoms. The molecule has 0 saturated carbocycles. The highest BCUT2D eigenvalue weighted by molar-refractivity contribution is 7.13. The van der Waals surface area contributed by atoms with E-state index in [-0.39, 0.29) is 0 Å². The van der Waals surface area contributed by atoms with Crippen LogP contribution in [0, 0.1) is 0 Å². The van der Waals surface area contributed by atoms with Crippen molar-refractivity contribution in [1.82, 2.24) is 15.3 Å². The molecule has 0 aliphatic heterocycles. The lowest BCUT2D eigenvalue weighted by Gasteiger charge is -2.19. The van der Waals surface area contributed by atoms with Crippen molar-refractivity contribution in [1.29, 1.82) is 0 Å². The first kappa shape index (κ1) is 14.0. The first-order chi connectivity index (χ1) is 9.24. The summed E-state index contributed by atoms with van der Waals surface area (Å²) < 4.78 is 0. The second-order valence-electron chi connectivity index (χ2n) is 4.43. The molecule has 1 unspecified atom stereocenters. The predicted octanol–water partition coefficient (Wildman–Crippen LogP) is 2.85. The summed E-state index contributed by atoms with van der Waals surface area (Å²) in [6, 6.07) is 4.39. The highest BCUT2D eigenvalue weighted by Crippen LogP contribution is 2.25. The summed E-state index contributed by atoms with van der Waals surface area (Å²) in [6.07, 6.45) is 3.67. The summed E-state index contributed by atoms with van der Waals surface area (Å²) in [5.74, 6) is 0. The maximum absolute atomic E-state index is 4.71. The maximum Gasteiger partial charge on any atom is 0.185 e. The normalized spacial score (nSPS) is 12.4. The second kappa shape index (κ2) is 6.63. The fourth-order valence-electron chi connectivity index (χ4n) is 1.79. The number of nitrogens with one attached hydrogen (secondary N) is 1. The Morgan fingerprint density at radius 3 is 2.74 bits per heavy atom. The van der Waals surface area contributed by atoms with E-state index in [1.165, 1.54) is 5.56 Å². The second-order valence-corrected chi connectivity index (χ2v) is 5.27. The molecule has 0 aliphatic carbocycles. The van der Waals surface area contributed by atoms with Gasteiger partial charge in [-0.3, -0.25) is 4.98 Å². The molecular weight excluding hydrogens is 256 g/mol. The Hall–Kier alpha value is -1.46. The van der Waals surface area contributed by atoms with Crippen LogP contribution in [0.15, 0.2) is 29.9 Å². The van der Waals surface area contributed by atoms with Gasteiger partial charge in [0.2, 0.25) is 0 Å². The van der Waals surface area contributed by atoms with Gasteiger partial charge in [0.05, 0.1) is 5.69 Å². The number of anilines is 1. The van der Waals surface area contributed by atoms with Crippen LogP contribution in [0.5, 0.6) is 0 Å². The average molecular weight is 276 g/mol. The summed E-state index contributed by atoms with van der Waals surface area (Å²) in [7, 11) is 1.96. The van der Waals surface area contributed by atoms with Crippen LogP contribution < -0.4 is 10.2 Å². The molecule has 4 nitrogen and oxygen atoms in total. The fourth-order valence-corrected chi connectivity index (χ4v) is 2.78. The van der Waals surface area contributed by atoms with Crippen LogP contribution in [0.3, 0.4) is 0 Å². The summed E-state index contributed by atoms with van der Waals surface area (Å²) >= 11 is 1.70. The zero-order valence-electron chi connectivity index (χ0n) is 11.6. The molecule has 0 spiro atoms. The van der Waals surface area contributed by atoms with Gasteiger partial charge in [-0.15, -0.1) is 11.3 Å². The molecule has 0 amide bonds. The lowest BCUT2D eigenvalue weighted by molar-refractivity contribution is 0.635. The van der Waals surface area contributed by atoms with Gasteiger partial charge in [0.15, 0.2) is 5.13 Å². The van der Waals surface area contributed by atoms with E-state index in [2.05, 4.69) is 34.4 Å². The van der Waals surface area contributed by atoms with E-state index in [0.717, 1.165) is 23.9 Å². The summed E-state index contributed by atoms with van der Waals surface area (Å²) in [6.45, 7) is 6.10. The van der Waals surface area contributed by atoms with Crippen LogP contribution in [0.4, 0.5) is 5.13 Å². The Labute approximate surface area is 118 Å². The number of rotatable bonds is 6. The number of hydrogen-bond donors (Lipinski definition) is 1. The standard InChI is InChI=1S/C14H20N4S/c1-4-18(9-12-5-7-16-8-6-12)14-17-13(10-19-14)11(2)15-3/h5-8,10-11,15H,4,9H2,1-3H3. The summed E-state index contributed by atoms with van der Waals surface area (Å²) in [5.41, 5.74) is 2.37. The van der Waals surface area contributed by atoms with E-state index in [0.29, 0.717) is 6.04 Å². The molecule has 0 aliphatic rings. The van der Waals surface area contributed by atoms with E-state index in [1.807, 2.05) is 31.6 Å². The topological polar surface area (TPSA) is 41.1 Å². The Balaban J connectivity index is 2.11. The molecule has 0 saturated heterocycles. The van der Waals surface area contributed by atoms with Crippen LogP contribution >= 0.6 is 11.3 Å². The monoisotopic (exact) mass is 276 g/mol. The minimum atomic E-state index is 0.296. The average Bonchev–Trinajstić information content (AvgIpc) is 2.94. The molecule has 19 heavy (non-hydrogen) atoms. The Bertz CT molecular complexity index is 497. The minimum Gasteiger partial charge on any atom is -0.344 e. The van der Waals surface area contributed by atoms with Crippen LogP contribution in [-0.4, -0.2) is 23.6 Å². The molecule has 0 aromatic carbocycles. The van der Waals surface area contributed by atoms with Crippen LogP contribution in [0.2, 0.25) is 0 Å².